The molecule has 3 aromatic rings. The second-order valence-electron chi connectivity index (χ2n) is 4.29. The van der Waals surface area contributed by atoms with Gasteiger partial charge in [0.2, 0.25) is 0 Å². The number of fused-ring (bicyclic) bond motifs is 1. The summed E-state index contributed by atoms with van der Waals surface area (Å²) in [7, 11) is 1.88. The Labute approximate surface area is 119 Å². The van der Waals surface area contributed by atoms with E-state index in [1.807, 2.05) is 23.9 Å². The summed E-state index contributed by atoms with van der Waals surface area (Å²) in [5, 5.41) is 1.47. The van der Waals surface area contributed by atoms with Gasteiger partial charge in [-0.2, -0.15) is 0 Å². The fourth-order valence-corrected chi connectivity index (χ4v) is 2.38. The second-order valence-corrected chi connectivity index (χ2v) is 5.08. The molecule has 2 aromatic heterocycles. The highest BCUT2D eigenvalue weighted by Crippen LogP contribution is 2.31. The molecule has 0 spiro atoms. The third kappa shape index (κ3) is 2.09. The monoisotopic (exact) mass is 294 g/mol. The van der Waals surface area contributed by atoms with Crippen molar-refractivity contribution in [1.82, 2.24) is 9.55 Å². The van der Waals surface area contributed by atoms with Crippen LogP contribution in [0.5, 0.6) is 0 Å². The van der Waals surface area contributed by atoms with E-state index in [0.29, 0.717) is 5.15 Å². The second kappa shape index (κ2) is 4.51. The third-order valence-electron chi connectivity index (χ3n) is 3.02. The Bertz CT molecular complexity index is 780. The molecule has 5 heteroatoms. The van der Waals surface area contributed by atoms with Gasteiger partial charge in [-0.25, -0.2) is 9.37 Å². The van der Waals surface area contributed by atoms with E-state index >= 15 is 0 Å². The van der Waals surface area contributed by atoms with Crippen LogP contribution in [-0.2, 0) is 7.05 Å². The molecule has 3 rings (SSSR count). The minimum absolute atomic E-state index is 0.116. The van der Waals surface area contributed by atoms with Crippen LogP contribution in [0.3, 0.4) is 0 Å². The van der Waals surface area contributed by atoms with Gasteiger partial charge in [-0.15, -0.1) is 0 Å². The lowest BCUT2D eigenvalue weighted by molar-refractivity contribution is 0.629. The zero-order valence-corrected chi connectivity index (χ0v) is 11.5. The minimum atomic E-state index is -0.432. The van der Waals surface area contributed by atoms with Crippen LogP contribution in [0, 0.1) is 5.82 Å². The van der Waals surface area contributed by atoms with E-state index in [-0.39, 0.29) is 5.02 Å². The summed E-state index contributed by atoms with van der Waals surface area (Å²) in [6.07, 6.45) is 1.90. The molecule has 0 atom stereocenters. The maximum atomic E-state index is 13.6. The van der Waals surface area contributed by atoms with E-state index in [0.717, 1.165) is 22.2 Å². The molecule has 0 amide bonds. The van der Waals surface area contributed by atoms with Crippen molar-refractivity contribution in [3.8, 4) is 11.1 Å². The number of halogens is 3. The molecule has 0 saturated carbocycles. The van der Waals surface area contributed by atoms with Crippen molar-refractivity contribution in [2.24, 2.45) is 7.05 Å². The van der Waals surface area contributed by atoms with Crippen molar-refractivity contribution in [3.63, 3.8) is 0 Å². The first-order valence-electron chi connectivity index (χ1n) is 5.63. The molecule has 96 valence electrons. The van der Waals surface area contributed by atoms with Crippen LogP contribution in [0.1, 0.15) is 0 Å². The summed E-state index contributed by atoms with van der Waals surface area (Å²) in [6.45, 7) is 0. The summed E-state index contributed by atoms with van der Waals surface area (Å²) in [6, 6.07) is 8.36. The van der Waals surface area contributed by atoms with Crippen LogP contribution in [0.15, 0.2) is 36.5 Å². The van der Waals surface area contributed by atoms with Gasteiger partial charge in [0.1, 0.15) is 16.6 Å². The first-order chi connectivity index (χ1) is 9.06. The first-order valence-corrected chi connectivity index (χ1v) is 6.39. The van der Waals surface area contributed by atoms with E-state index in [2.05, 4.69) is 4.98 Å². The number of rotatable bonds is 1. The van der Waals surface area contributed by atoms with Gasteiger partial charge in [0.15, 0.2) is 0 Å². The van der Waals surface area contributed by atoms with E-state index in [1.54, 1.807) is 18.2 Å². The average Bonchev–Trinajstić information content (AvgIpc) is 2.70. The van der Waals surface area contributed by atoms with Gasteiger partial charge in [0, 0.05) is 24.2 Å². The Kier molecular flexibility index (Phi) is 2.96. The molecule has 2 nitrogen and oxygen atoms in total. The van der Waals surface area contributed by atoms with Crippen molar-refractivity contribution in [2.75, 3.05) is 0 Å². The molecule has 0 fully saturated rings. The fraction of sp³-hybridized carbons (Fsp3) is 0.0714. The van der Waals surface area contributed by atoms with Crippen molar-refractivity contribution in [3.05, 3.63) is 52.5 Å². The fourth-order valence-electron chi connectivity index (χ4n) is 2.12. The Morgan fingerprint density at radius 2 is 1.95 bits per heavy atom. The van der Waals surface area contributed by atoms with E-state index < -0.39 is 5.82 Å². The summed E-state index contributed by atoms with van der Waals surface area (Å²) < 4.78 is 15.4. The molecule has 0 saturated heterocycles. The third-order valence-corrected chi connectivity index (χ3v) is 3.54. The molecule has 1 aromatic carbocycles. The Morgan fingerprint density at radius 3 is 2.68 bits per heavy atom. The van der Waals surface area contributed by atoms with E-state index in [9.17, 15) is 4.39 Å². The number of benzene rings is 1. The topological polar surface area (TPSA) is 17.8 Å². The Morgan fingerprint density at radius 1 is 1.16 bits per heavy atom. The standard InChI is InChI=1S/C14H9Cl2FN2/c1-19-7-10(8-2-4-11(15)12(17)6-8)9-3-5-13(16)18-14(9)19/h2-7H,1H3. The van der Waals surface area contributed by atoms with Crippen molar-refractivity contribution >= 4 is 34.2 Å². The van der Waals surface area contributed by atoms with Gasteiger partial charge in [0.05, 0.1) is 5.02 Å². The van der Waals surface area contributed by atoms with E-state index in [1.165, 1.54) is 6.07 Å². The van der Waals surface area contributed by atoms with Gasteiger partial charge in [-0.05, 0) is 29.8 Å². The Balaban J connectivity index is 2.28. The molecule has 0 radical (unpaired) electrons. The molecule has 0 aliphatic carbocycles. The molecule has 0 aliphatic heterocycles. The highest BCUT2D eigenvalue weighted by atomic mass is 35.5. The van der Waals surface area contributed by atoms with Crippen LogP contribution in [0.2, 0.25) is 10.2 Å². The summed E-state index contributed by atoms with van der Waals surface area (Å²) in [4.78, 5) is 4.27. The maximum absolute atomic E-state index is 13.6. The zero-order chi connectivity index (χ0) is 13.6. The van der Waals surface area contributed by atoms with Crippen molar-refractivity contribution in [1.29, 1.82) is 0 Å². The quantitative estimate of drug-likeness (QED) is 0.596. The summed E-state index contributed by atoms with van der Waals surface area (Å²) in [5.41, 5.74) is 2.42. The first kappa shape index (κ1) is 12.5. The smallest absolute Gasteiger partial charge is 0.142 e. The van der Waals surface area contributed by atoms with Gasteiger partial charge >= 0.3 is 0 Å². The number of hydrogen-bond acceptors (Lipinski definition) is 1. The SMILES string of the molecule is Cn1cc(-c2ccc(Cl)c(F)c2)c2ccc(Cl)nc21. The van der Waals surface area contributed by atoms with Crippen LogP contribution in [-0.4, -0.2) is 9.55 Å². The normalized spacial score (nSPS) is 11.2. The Hall–Kier alpha value is -1.58. The van der Waals surface area contributed by atoms with Gasteiger partial charge < -0.3 is 4.57 Å². The molecule has 0 N–H and O–H groups in total. The van der Waals surface area contributed by atoms with Crippen molar-refractivity contribution < 1.29 is 4.39 Å². The van der Waals surface area contributed by atoms with Crippen LogP contribution < -0.4 is 0 Å². The number of aryl methyl sites for hydroxylation is 1. The highest BCUT2D eigenvalue weighted by Gasteiger charge is 2.11. The minimum Gasteiger partial charge on any atom is -0.335 e. The molecular formula is C14H9Cl2FN2. The molecule has 0 bridgehead atoms. The maximum Gasteiger partial charge on any atom is 0.142 e. The summed E-state index contributed by atoms with van der Waals surface area (Å²) >= 11 is 11.6. The highest BCUT2D eigenvalue weighted by molar-refractivity contribution is 6.31. The van der Waals surface area contributed by atoms with Crippen LogP contribution >= 0.6 is 23.2 Å². The number of hydrogen-bond donors (Lipinski definition) is 0. The molecule has 0 aliphatic rings. The number of pyridine rings is 1. The predicted octanol–water partition coefficient (Wildman–Crippen LogP) is 4.69. The van der Waals surface area contributed by atoms with E-state index in [4.69, 9.17) is 23.2 Å². The lowest BCUT2D eigenvalue weighted by Crippen LogP contribution is -1.86. The largest absolute Gasteiger partial charge is 0.335 e. The molecule has 0 unspecified atom stereocenters. The van der Waals surface area contributed by atoms with Gasteiger partial charge in [0.25, 0.3) is 0 Å². The molecule has 19 heavy (non-hydrogen) atoms. The summed E-state index contributed by atoms with van der Waals surface area (Å²) in [5.74, 6) is -0.432. The lowest BCUT2D eigenvalue weighted by Gasteiger charge is -2.01. The molecule has 2 heterocycles. The predicted molar refractivity (Wildman–Crippen MR) is 76.1 cm³/mol. The number of nitrogens with zero attached hydrogens (tertiary/aromatic N) is 2. The van der Waals surface area contributed by atoms with Crippen LogP contribution in [0.4, 0.5) is 4.39 Å². The number of aromatic nitrogens is 2. The lowest BCUT2D eigenvalue weighted by atomic mass is 10.1. The van der Waals surface area contributed by atoms with Crippen LogP contribution in [0.25, 0.3) is 22.2 Å². The van der Waals surface area contributed by atoms with Crippen molar-refractivity contribution in [2.45, 2.75) is 0 Å². The zero-order valence-electron chi connectivity index (χ0n) is 9.99. The average molecular weight is 295 g/mol. The molecular weight excluding hydrogens is 286 g/mol. The van der Waals surface area contributed by atoms with Gasteiger partial charge in [-0.1, -0.05) is 29.3 Å². The van der Waals surface area contributed by atoms with Gasteiger partial charge in [-0.3, -0.25) is 0 Å².